The standard InChI is InChI=1S/C12H22N2O2/c1-9(13)10-4-6-14(7-5-10)12(15)11-3-2-8-16-11/h9-11H,2-8,13H2,1H3. The van der Waals surface area contributed by atoms with Gasteiger partial charge in [0.1, 0.15) is 6.10 Å². The molecule has 0 bridgehead atoms. The third kappa shape index (κ3) is 2.55. The number of nitrogens with zero attached hydrogens (tertiary/aromatic N) is 1. The van der Waals surface area contributed by atoms with Gasteiger partial charge in [-0.25, -0.2) is 0 Å². The van der Waals surface area contributed by atoms with Crippen molar-refractivity contribution >= 4 is 5.91 Å². The minimum atomic E-state index is -0.160. The molecular weight excluding hydrogens is 204 g/mol. The van der Waals surface area contributed by atoms with E-state index in [0.29, 0.717) is 5.92 Å². The number of hydrogen-bond acceptors (Lipinski definition) is 3. The molecule has 0 spiro atoms. The number of hydrogen-bond donors (Lipinski definition) is 1. The summed E-state index contributed by atoms with van der Waals surface area (Å²) < 4.78 is 5.43. The van der Waals surface area contributed by atoms with E-state index in [1.54, 1.807) is 0 Å². The molecule has 0 aromatic rings. The van der Waals surface area contributed by atoms with Gasteiger partial charge in [-0.15, -0.1) is 0 Å². The molecule has 0 aromatic heterocycles. The Balaban J connectivity index is 1.81. The van der Waals surface area contributed by atoms with E-state index in [2.05, 4.69) is 6.92 Å². The Hall–Kier alpha value is -0.610. The number of carbonyl (C=O) groups excluding carboxylic acids is 1. The molecule has 0 aliphatic carbocycles. The van der Waals surface area contributed by atoms with E-state index < -0.39 is 0 Å². The Bertz CT molecular complexity index is 241. The largest absolute Gasteiger partial charge is 0.368 e. The molecule has 2 atom stereocenters. The first-order valence-electron chi connectivity index (χ1n) is 6.34. The summed E-state index contributed by atoms with van der Waals surface area (Å²) in [4.78, 5) is 14.0. The summed E-state index contributed by atoms with van der Waals surface area (Å²) >= 11 is 0. The molecule has 92 valence electrons. The first-order chi connectivity index (χ1) is 7.68. The van der Waals surface area contributed by atoms with Crippen LogP contribution in [-0.2, 0) is 9.53 Å². The summed E-state index contributed by atoms with van der Waals surface area (Å²) in [5, 5.41) is 0. The van der Waals surface area contributed by atoms with Crippen molar-refractivity contribution in [1.29, 1.82) is 0 Å². The van der Waals surface area contributed by atoms with Crippen LogP contribution in [0.15, 0.2) is 0 Å². The lowest BCUT2D eigenvalue weighted by Crippen LogP contribution is -2.46. The fraction of sp³-hybridized carbons (Fsp3) is 0.917. The van der Waals surface area contributed by atoms with E-state index in [-0.39, 0.29) is 18.1 Å². The number of nitrogens with two attached hydrogens (primary N) is 1. The molecule has 2 aliphatic rings. The highest BCUT2D eigenvalue weighted by Crippen LogP contribution is 2.22. The van der Waals surface area contributed by atoms with Crippen molar-refractivity contribution in [2.45, 2.75) is 44.8 Å². The monoisotopic (exact) mass is 226 g/mol. The van der Waals surface area contributed by atoms with Gasteiger partial charge in [0, 0.05) is 25.7 Å². The van der Waals surface area contributed by atoms with E-state index >= 15 is 0 Å². The van der Waals surface area contributed by atoms with Crippen LogP contribution in [0.3, 0.4) is 0 Å². The predicted molar refractivity (Wildman–Crippen MR) is 61.9 cm³/mol. The highest BCUT2D eigenvalue weighted by molar-refractivity contribution is 5.81. The minimum Gasteiger partial charge on any atom is -0.368 e. The zero-order valence-corrected chi connectivity index (χ0v) is 10.0. The van der Waals surface area contributed by atoms with Gasteiger partial charge in [-0.3, -0.25) is 4.79 Å². The van der Waals surface area contributed by atoms with Crippen molar-refractivity contribution in [2.75, 3.05) is 19.7 Å². The maximum absolute atomic E-state index is 12.0. The number of ether oxygens (including phenoxy) is 1. The van der Waals surface area contributed by atoms with Gasteiger partial charge in [0.25, 0.3) is 5.91 Å². The van der Waals surface area contributed by atoms with Gasteiger partial charge >= 0.3 is 0 Å². The Morgan fingerprint density at radius 1 is 1.38 bits per heavy atom. The Morgan fingerprint density at radius 2 is 2.06 bits per heavy atom. The lowest BCUT2D eigenvalue weighted by molar-refractivity contribution is -0.142. The van der Waals surface area contributed by atoms with Crippen molar-refractivity contribution in [1.82, 2.24) is 4.90 Å². The SMILES string of the molecule is CC(N)C1CCN(C(=O)C2CCCO2)CC1. The first-order valence-corrected chi connectivity index (χ1v) is 6.34. The van der Waals surface area contributed by atoms with E-state index in [1.165, 1.54) is 0 Å². The van der Waals surface area contributed by atoms with Gasteiger partial charge in [-0.1, -0.05) is 0 Å². The van der Waals surface area contributed by atoms with Crippen LogP contribution in [-0.4, -0.2) is 42.6 Å². The van der Waals surface area contributed by atoms with Crippen LogP contribution in [0.4, 0.5) is 0 Å². The fourth-order valence-electron chi connectivity index (χ4n) is 2.62. The minimum absolute atomic E-state index is 0.160. The maximum atomic E-state index is 12.0. The second-order valence-corrected chi connectivity index (χ2v) is 5.02. The summed E-state index contributed by atoms with van der Waals surface area (Å²) in [5.74, 6) is 0.772. The van der Waals surface area contributed by atoms with Gasteiger partial charge in [-0.2, -0.15) is 0 Å². The average molecular weight is 226 g/mol. The first kappa shape index (κ1) is 11.9. The molecule has 0 radical (unpaired) electrons. The number of carbonyl (C=O) groups is 1. The molecule has 0 aromatic carbocycles. The van der Waals surface area contributed by atoms with Crippen molar-refractivity contribution < 1.29 is 9.53 Å². The van der Waals surface area contributed by atoms with Crippen LogP contribution in [0, 0.1) is 5.92 Å². The normalized spacial score (nSPS) is 29.4. The second kappa shape index (κ2) is 5.15. The predicted octanol–water partition coefficient (Wildman–Crippen LogP) is 0.751. The third-order valence-electron chi connectivity index (χ3n) is 3.80. The van der Waals surface area contributed by atoms with E-state index in [9.17, 15) is 4.79 Å². The molecule has 2 unspecified atom stereocenters. The Morgan fingerprint density at radius 3 is 2.56 bits per heavy atom. The smallest absolute Gasteiger partial charge is 0.251 e. The lowest BCUT2D eigenvalue weighted by atomic mass is 9.91. The van der Waals surface area contributed by atoms with Crippen molar-refractivity contribution in [3.8, 4) is 0 Å². The highest BCUT2D eigenvalue weighted by atomic mass is 16.5. The molecule has 2 rings (SSSR count). The Labute approximate surface area is 97.1 Å². The van der Waals surface area contributed by atoms with Gasteiger partial charge in [0.05, 0.1) is 0 Å². The molecule has 16 heavy (non-hydrogen) atoms. The molecule has 2 aliphatic heterocycles. The second-order valence-electron chi connectivity index (χ2n) is 5.02. The molecule has 2 saturated heterocycles. The van der Waals surface area contributed by atoms with Gasteiger partial charge in [0.15, 0.2) is 0 Å². The number of piperidine rings is 1. The van der Waals surface area contributed by atoms with Crippen LogP contribution in [0.5, 0.6) is 0 Å². The fourth-order valence-corrected chi connectivity index (χ4v) is 2.62. The average Bonchev–Trinajstić information content (AvgIpc) is 2.81. The molecule has 4 heteroatoms. The zero-order valence-electron chi connectivity index (χ0n) is 10.0. The van der Waals surface area contributed by atoms with E-state index in [0.717, 1.165) is 45.4 Å². The summed E-state index contributed by atoms with van der Waals surface area (Å²) in [6.45, 7) is 4.50. The molecule has 1 amide bonds. The van der Waals surface area contributed by atoms with Crippen LogP contribution in [0.25, 0.3) is 0 Å². The molecule has 4 nitrogen and oxygen atoms in total. The number of rotatable bonds is 2. The van der Waals surface area contributed by atoms with E-state index in [4.69, 9.17) is 10.5 Å². The van der Waals surface area contributed by atoms with Crippen LogP contribution < -0.4 is 5.73 Å². The van der Waals surface area contributed by atoms with Gasteiger partial charge in [0.2, 0.25) is 0 Å². The molecule has 0 saturated carbocycles. The quantitative estimate of drug-likeness (QED) is 0.756. The zero-order chi connectivity index (χ0) is 11.5. The van der Waals surface area contributed by atoms with Crippen molar-refractivity contribution in [2.24, 2.45) is 11.7 Å². The third-order valence-corrected chi connectivity index (χ3v) is 3.80. The summed E-state index contributed by atoms with van der Waals surface area (Å²) in [7, 11) is 0. The lowest BCUT2D eigenvalue weighted by Gasteiger charge is -2.34. The van der Waals surface area contributed by atoms with Crippen molar-refractivity contribution in [3.63, 3.8) is 0 Å². The summed E-state index contributed by atoms with van der Waals surface area (Å²) in [5.41, 5.74) is 5.88. The number of likely N-dealkylation sites (tertiary alicyclic amines) is 1. The Kier molecular flexibility index (Phi) is 3.82. The number of amides is 1. The van der Waals surface area contributed by atoms with Crippen LogP contribution in [0.2, 0.25) is 0 Å². The van der Waals surface area contributed by atoms with Crippen LogP contribution in [0.1, 0.15) is 32.6 Å². The maximum Gasteiger partial charge on any atom is 0.251 e. The van der Waals surface area contributed by atoms with Crippen molar-refractivity contribution in [3.05, 3.63) is 0 Å². The topological polar surface area (TPSA) is 55.6 Å². The van der Waals surface area contributed by atoms with Crippen LogP contribution >= 0.6 is 0 Å². The molecule has 2 fully saturated rings. The molecule has 2 N–H and O–H groups in total. The summed E-state index contributed by atoms with van der Waals surface area (Å²) in [6.07, 6.45) is 3.83. The van der Waals surface area contributed by atoms with Gasteiger partial charge < -0.3 is 15.4 Å². The van der Waals surface area contributed by atoms with Gasteiger partial charge in [-0.05, 0) is 38.5 Å². The van der Waals surface area contributed by atoms with E-state index in [1.807, 2.05) is 4.90 Å². The molecular formula is C12H22N2O2. The molecule has 2 heterocycles. The summed E-state index contributed by atoms with van der Waals surface area (Å²) in [6, 6.07) is 0.250. The highest BCUT2D eigenvalue weighted by Gasteiger charge is 2.31.